The first-order chi connectivity index (χ1) is 15.2. The first-order valence-electron chi connectivity index (χ1n) is 10.5. The van der Waals surface area contributed by atoms with Gasteiger partial charge in [0.05, 0.1) is 20.8 Å². The van der Waals surface area contributed by atoms with Gasteiger partial charge in [-0.1, -0.05) is 24.3 Å². The van der Waals surface area contributed by atoms with Crippen LogP contribution < -0.4 is 14.8 Å². The molecule has 1 aliphatic rings. The Morgan fingerprint density at radius 2 is 1.81 bits per heavy atom. The van der Waals surface area contributed by atoms with Gasteiger partial charge in [0.2, 0.25) is 0 Å². The Bertz CT molecular complexity index is 1050. The third kappa shape index (κ3) is 4.66. The standard InChI is InChI=1S/C24H29N5O2/c1-25-24(26-15-19-7-4-5-8-20(19)17-29-11-6-10-27-29)28-12-9-18-13-22(30-2)23(31-3)14-21(18)16-28/h4-8,10-11,13-14H,9,12,15-17H2,1-3H3,(H,25,26). The molecule has 0 spiro atoms. The lowest BCUT2D eigenvalue weighted by molar-refractivity contribution is 0.346. The molecule has 0 saturated carbocycles. The van der Waals surface area contributed by atoms with Crippen LogP contribution in [0.5, 0.6) is 11.5 Å². The number of benzene rings is 2. The molecule has 4 rings (SSSR count). The van der Waals surface area contributed by atoms with E-state index in [0.29, 0.717) is 6.54 Å². The molecular formula is C24H29N5O2. The fourth-order valence-electron chi connectivity index (χ4n) is 4.02. The molecule has 2 heterocycles. The van der Waals surface area contributed by atoms with Crippen molar-refractivity contribution in [3.05, 3.63) is 77.1 Å². The number of rotatable bonds is 6. The lowest BCUT2D eigenvalue weighted by Gasteiger charge is -2.32. The molecule has 0 fully saturated rings. The number of ether oxygens (including phenoxy) is 2. The third-order valence-electron chi connectivity index (χ3n) is 5.68. The average molecular weight is 420 g/mol. The summed E-state index contributed by atoms with van der Waals surface area (Å²) in [7, 11) is 5.18. The van der Waals surface area contributed by atoms with E-state index in [-0.39, 0.29) is 0 Å². The minimum Gasteiger partial charge on any atom is -0.493 e. The third-order valence-corrected chi connectivity index (χ3v) is 5.68. The van der Waals surface area contributed by atoms with Crippen molar-refractivity contribution in [3.8, 4) is 11.5 Å². The Kier molecular flexibility index (Phi) is 6.40. The van der Waals surface area contributed by atoms with E-state index in [1.165, 1.54) is 22.3 Å². The summed E-state index contributed by atoms with van der Waals surface area (Å²) in [6, 6.07) is 14.6. The monoisotopic (exact) mass is 419 g/mol. The van der Waals surface area contributed by atoms with E-state index in [1.807, 2.05) is 30.2 Å². The highest BCUT2D eigenvalue weighted by Gasteiger charge is 2.21. The fraction of sp³-hybridized carbons (Fsp3) is 0.333. The maximum absolute atomic E-state index is 5.49. The van der Waals surface area contributed by atoms with Crippen molar-refractivity contribution in [2.45, 2.75) is 26.1 Å². The summed E-state index contributed by atoms with van der Waals surface area (Å²) >= 11 is 0. The van der Waals surface area contributed by atoms with E-state index >= 15 is 0 Å². The Morgan fingerprint density at radius 1 is 1.06 bits per heavy atom. The van der Waals surface area contributed by atoms with Crippen molar-refractivity contribution in [1.29, 1.82) is 0 Å². The molecule has 0 saturated heterocycles. The van der Waals surface area contributed by atoms with Crippen molar-refractivity contribution in [2.24, 2.45) is 4.99 Å². The van der Waals surface area contributed by atoms with Crippen molar-refractivity contribution >= 4 is 5.96 Å². The maximum atomic E-state index is 5.49. The topological polar surface area (TPSA) is 63.9 Å². The van der Waals surface area contributed by atoms with Gasteiger partial charge in [-0.3, -0.25) is 9.67 Å². The Balaban J connectivity index is 1.45. The Morgan fingerprint density at radius 3 is 2.48 bits per heavy atom. The van der Waals surface area contributed by atoms with Crippen LogP contribution in [0.3, 0.4) is 0 Å². The molecule has 1 N–H and O–H groups in total. The summed E-state index contributed by atoms with van der Waals surface area (Å²) < 4.78 is 12.9. The minimum atomic E-state index is 0.708. The van der Waals surface area contributed by atoms with Gasteiger partial charge < -0.3 is 19.7 Å². The summed E-state index contributed by atoms with van der Waals surface area (Å²) in [6.07, 6.45) is 4.73. The van der Waals surface area contributed by atoms with Gasteiger partial charge in [0, 0.05) is 39.1 Å². The molecule has 1 aromatic heterocycles. The van der Waals surface area contributed by atoms with E-state index < -0.39 is 0 Å². The lowest BCUT2D eigenvalue weighted by atomic mass is 9.99. The largest absolute Gasteiger partial charge is 0.493 e. The van der Waals surface area contributed by atoms with Crippen LogP contribution in [0.1, 0.15) is 22.3 Å². The maximum Gasteiger partial charge on any atom is 0.194 e. The first-order valence-corrected chi connectivity index (χ1v) is 10.5. The second kappa shape index (κ2) is 9.55. The molecular weight excluding hydrogens is 390 g/mol. The van der Waals surface area contributed by atoms with Crippen LogP contribution in [-0.4, -0.2) is 48.5 Å². The number of hydrogen-bond acceptors (Lipinski definition) is 4. The Labute approximate surface area is 183 Å². The Hall–Kier alpha value is -3.48. The molecule has 1 aliphatic heterocycles. The van der Waals surface area contributed by atoms with Crippen LogP contribution in [0.25, 0.3) is 0 Å². The first kappa shape index (κ1) is 20.8. The van der Waals surface area contributed by atoms with E-state index in [9.17, 15) is 0 Å². The van der Waals surface area contributed by atoms with E-state index in [2.05, 4.69) is 56.7 Å². The summed E-state index contributed by atoms with van der Waals surface area (Å²) in [4.78, 5) is 6.82. The molecule has 2 aromatic carbocycles. The highest BCUT2D eigenvalue weighted by atomic mass is 16.5. The number of aromatic nitrogens is 2. The highest BCUT2D eigenvalue weighted by molar-refractivity contribution is 5.80. The van der Waals surface area contributed by atoms with Crippen LogP contribution in [0.15, 0.2) is 59.9 Å². The molecule has 0 amide bonds. The fourth-order valence-corrected chi connectivity index (χ4v) is 4.02. The van der Waals surface area contributed by atoms with Gasteiger partial charge in [-0.05, 0) is 46.9 Å². The van der Waals surface area contributed by atoms with Crippen molar-refractivity contribution < 1.29 is 9.47 Å². The molecule has 0 unspecified atom stereocenters. The number of nitrogens with zero attached hydrogens (tertiary/aromatic N) is 4. The van der Waals surface area contributed by atoms with Gasteiger partial charge in [-0.25, -0.2) is 0 Å². The van der Waals surface area contributed by atoms with Crippen molar-refractivity contribution in [3.63, 3.8) is 0 Å². The zero-order valence-electron chi connectivity index (χ0n) is 18.3. The van der Waals surface area contributed by atoms with Crippen molar-refractivity contribution in [1.82, 2.24) is 20.0 Å². The number of aliphatic imine (C=N–C) groups is 1. The van der Waals surface area contributed by atoms with Gasteiger partial charge in [0.15, 0.2) is 17.5 Å². The average Bonchev–Trinajstić information content (AvgIpc) is 3.32. The van der Waals surface area contributed by atoms with Gasteiger partial charge in [0.1, 0.15) is 0 Å². The number of methoxy groups -OCH3 is 2. The molecule has 31 heavy (non-hydrogen) atoms. The van der Waals surface area contributed by atoms with E-state index in [0.717, 1.165) is 43.5 Å². The summed E-state index contributed by atoms with van der Waals surface area (Å²) in [6.45, 7) is 3.14. The highest BCUT2D eigenvalue weighted by Crippen LogP contribution is 2.33. The van der Waals surface area contributed by atoms with Crippen LogP contribution >= 0.6 is 0 Å². The van der Waals surface area contributed by atoms with Crippen LogP contribution in [0.2, 0.25) is 0 Å². The number of hydrogen-bond donors (Lipinski definition) is 1. The van der Waals surface area contributed by atoms with Gasteiger partial charge in [-0.15, -0.1) is 0 Å². The predicted molar refractivity (Wildman–Crippen MR) is 122 cm³/mol. The zero-order valence-corrected chi connectivity index (χ0v) is 18.3. The number of fused-ring (bicyclic) bond motifs is 1. The second-order valence-corrected chi connectivity index (χ2v) is 7.52. The normalized spacial score (nSPS) is 13.6. The molecule has 0 radical (unpaired) electrons. The SMILES string of the molecule is CN=C(NCc1ccccc1Cn1cccn1)N1CCc2cc(OC)c(OC)cc2C1. The van der Waals surface area contributed by atoms with Crippen LogP contribution in [0.4, 0.5) is 0 Å². The molecule has 162 valence electrons. The van der Waals surface area contributed by atoms with Gasteiger partial charge >= 0.3 is 0 Å². The molecule has 7 heteroatoms. The van der Waals surface area contributed by atoms with Crippen molar-refractivity contribution in [2.75, 3.05) is 27.8 Å². The van der Waals surface area contributed by atoms with E-state index in [1.54, 1.807) is 14.2 Å². The second-order valence-electron chi connectivity index (χ2n) is 7.52. The smallest absolute Gasteiger partial charge is 0.194 e. The quantitative estimate of drug-likeness (QED) is 0.491. The van der Waals surface area contributed by atoms with Gasteiger partial charge in [-0.2, -0.15) is 5.10 Å². The van der Waals surface area contributed by atoms with Gasteiger partial charge in [0.25, 0.3) is 0 Å². The molecule has 7 nitrogen and oxygen atoms in total. The summed E-state index contributed by atoms with van der Waals surface area (Å²) in [5, 5.41) is 7.88. The molecule has 0 aliphatic carbocycles. The summed E-state index contributed by atoms with van der Waals surface area (Å²) in [5.41, 5.74) is 5.03. The number of guanidine groups is 1. The molecule has 3 aromatic rings. The number of nitrogens with one attached hydrogen (secondary N) is 1. The zero-order chi connectivity index (χ0) is 21.6. The van der Waals surface area contributed by atoms with Crippen LogP contribution in [-0.2, 0) is 26.1 Å². The predicted octanol–water partition coefficient (Wildman–Crippen LogP) is 3.08. The summed E-state index contributed by atoms with van der Waals surface area (Å²) in [5.74, 6) is 2.44. The molecule has 0 atom stereocenters. The lowest BCUT2D eigenvalue weighted by Crippen LogP contribution is -2.43. The minimum absolute atomic E-state index is 0.708. The molecule has 0 bridgehead atoms. The van der Waals surface area contributed by atoms with Crippen LogP contribution in [0, 0.1) is 0 Å². The van der Waals surface area contributed by atoms with E-state index in [4.69, 9.17) is 9.47 Å².